The molecule has 0 spiro atoms. The summed E-state index contributed by atoms with van der Waals surface area (Å²) in [6.45, 7) is 0. The molecule has 2 aromatic rings. The van der Waals surface area contributed by atoms with E-state index in [2.05, 4.69) is 32.0 Å². The van der Waals surface area contributed by atoms with E-state index < -0.39 is 0 Å². The molecule has 0 saturated carbocycles. The monoisotopic (exact) mass is 275 g/mol. The summed E-state index contributed by atoms with van der Waals surface area (Å²) in [6.07, 6.45) is 0.628. The Bertz CT molecular complexity index is 583. The van der Waals surface area contributed by atoms with Gasteiger partial charge >= 0.3 is 0 Å². The van der Waals surface area contributed by atoms with Gasteiger partial charge in [-0.15, -0.1) is 0 Å². The molecular formula is C11H6BrN3O. The maximum absolute atomic E-state index is 10.6. The molecule has 16 heavy (non-hydrogen) atoms. The fraction of sp³-hybridized carbons (Fsp3) is 0. The first-order chi connectivity index (χ1) is 7.76. The largest absolute Gasteiger partial charge is 0.330 e. The molecule has 1 aromatic heterocycles. The molecule has 2 rings (SSSR count). The average molecular weight is 276 g/mol. The van der Waals surface area contributed by atoms with Crippen LogP contribution < -0.4 is 0 Å². The van der Waals surface area contributed by atoms with Gasteiger partial charge in [0, 0.05) is 5.56 Å². The molecule has 0 aliphatic rings. The Hall–Kier alpha value is -1.93. The van der Waals surface area contributed by atoms with Crippen LogP contribution >= 0.6 is 15.9 Å². The highest BCUT2D eigenvalue weighted by Crippen LogP contribution is 2.28. The van der Waals surface area contributed by atoms with Gasteiger partial charge in [-0.05, 0) is 22.0 Å². The van der Waals surface area contributed by atoms with Crippen molar-refractivity contribution in [1.29, 1.82) is 5.26 Å². The second-order valence-corrected chi connectivity index (χ2v) is 3.85. The van der Waals surface area contributed by atoms with Crippen molar-refractivity contribution in [2.75, 3.05) is 0 Å². The lowest BCUT2D eigenvalue weighted by atomic mass is 10.1. The van der Waals surface area contributed by atoms with E-state index in [4.69, 9.17) is 5.26 Å². The lowest BCUT2D eigenvalue weighted by molar-refractivity contribution is 0.111. The number of imidazole rings is 1. The first-order valence-corrected chi connectivity index (χ1v) is 5.25. The smallest absolute Gasteiger partial charge is 0.185 e. The van der Waals surface area contributed by atoms with Crippen molar-refractivity contribution in [2.45, 2.75) is 0 Å². The van der Waals surface area contributed by atoms with Crippen LogP contribution in [-0.4, -0.2) is 16.3 Å². The van der Waals surface area contributed by atoms with Gasteiger partial charge in [-0.3, -0.25) is 4.79 Å². The van der Waals surface area contributed by atoms with E-state index in [-0.39, 0.29) is 5.82 Å². The van der Waals surface area contributed by atoms with Gasteiger partial charge < -0.3 is 4.98 Å². The molecule has 0 bridgehead atoms. The zero-order valence-electron chi connectivity index (χ0n) is 8.07. The summed E-state index contributed by atoms with van der Waals surface area (Å²) in [7, 11) is 0. The number of hydrogen-bond acceptors (Lipinski definition) is 3. The molecule has 1 N–H and O–H groups in total. The highest BCUT2D eigenvalue weighted by molar-refractivity contribution is 9.10. The number of carbonyl (C=O) groups is 1. The Morgan fingerprint density at radius 3 is 2.81 bits per heavy atom. The molecule has 78 valence electrons. The van der Waals surface area contributed by atoms with Crippen molar-refractivity contribution in [3.05, 3.63) is 40.3 Å². The normalized spacial score (nSPS) is 9.75. The number of H-pyrrole nitrogens is 1. The number of nitrogens with one attached hydrogen (secondary N) is 1. The van der Waals surface area contributed by atoms with Gasteiger partial charge in [-0.2, -0.15) is 5.26 Å². The number of nitrogens with zero attached hydrogens (tertiary/aromatic N) is 2. The summed E-state index contributed by atoms with van der Waals surface area (Å²) in [6, 6.07) is 9.18. The van der Waals surface area contributed by atoms with Crippen molar-refractivity contribution in [2.24, 2.45) is 0 Å². The summed E-state index contributed by atoms with van der Waals surface area (Å²) < 4.78 is 0.595. The van der Waals surface area contributed by atoms with Crippen LogP contribution in [0, 0.1) is 11.3 Å². The number of carbonyl (C=O) groups excluding carboxylic acids is 1. The minimum atomic E-state index is 0.231. The topological polar surface area (TPSA) is 69.5 Å². The van der Waals surface area contributed by atoms with Crippen LogP contribution in [0.25, 0.3) is 11.3 Å². The zero-order valence-corrected chi connectivity index (χ0v) is 9.65. The van der Waals surface area contributed by atoms with Crippen LogP contribution in [0.1, 0.15) is 16.2 Å². The minimum absolute atomic E-state index is 0.231. The fourth-order valence-electron chi connectivity index (χ4n) is 1.39. The van der Waals surface area contributed by atoms with E-state index >= 15 is 0 Å². The van der Waals surface area contributed by atoms with Gasteiger partial charge in [0.1, 0.15) is 10.3 Å². The third-order valence-electron chi connectivity index (χ3n) is 2.09. The van der Waals surface area contributed by atoms with Crippen LogP contribution in [0.5, 0.6) is 0 Å². The highest BCUT2D eigenvalue weighted by Gasteiger charge is 2.12. The zero-order chi connectivity index (χ0) is 11.5. The summed E-state index contributed by atoms with van der Waals surface area (Å²) in [5.74, 6) is 0.231. The molecule has 0 saturated heterocycles. The number of benzene rings is 1. The van der Waals surface area contributed by atoms with E-state index in [1.807, 2.05) is 6.07 Å². The SMILES string of the molecule is N#Cc1ccccc1-c1nc(C=O)[nH]c1Br. The molecule has 0 fully saturated rings. The van der Waals surface area contributed by atoms with Crippen molar-refractivity contribution < 1.29 is 4.79 Å². The van der Waals surface area contributed by atoms with Gasteiger partial charge in [0.25, 0.3) is 0 Å². The van der Waals surface area contributed by atoms with Crippen LogP contribution in [0.4, 0.5) is 0 Å². The number of hydrogen-bond donors (Lipinski definition) is 1. The van der Waals surface area contributed by atoms with E-state index in [9.17, 15) is 4.79 Å². The Labute approximate surface area is 100 Å². The maximum Gasteiger partial charge on any atom is 0.185 e. The Kier molecular flexibility index (Phi) is 2.84. The first-order valence-electron chi connectivity index (χ1n) is 4.46. The van der Waals surface area contributed by atoms with E-state index in [0.717, 1.165) is 0 Å². The third kappa shape index (κ3) is 1.75. The van der Waals surface area contributed by atoms with Gasteiger partial charge in [0.15, 0.2) is 12.1 Å². The Balaban J connectivity index is 2.63. The summed E-state index contributed by atoms with van der Waals surface area (Å²) >= 11 is 3.27. The molecule has 0 aliphatic carbocycles. The molecular weight excluding hydrogens is 270 g/mol. The summed E-state index contributed by atoms with van der Waals surface area (Å²) in [5.41, 5.74) is 1.78. The maximum atomic E-state index is 10.6. The molecule has 0 aliphatic heterocycles. The minimum Gasteiger partial charge on any atom is -0.330 e. The Morgan fingerprint density at radius 2 is 2.19 bits per heavy atom. The lowest BCUT2D eigenvalue weighted by Gasteiger charge is -1.99. The standard InChI is InChI=1S/C11H6BrN3O/c12-11-10(14-9(6-16)15-11)8-4-2-1-3-7(8)5-13/h1-4,6H,(H,14,15). The number of aldehydes is 1. The van der Waals surface area contributed by atoms with Crippen LogP contribution in [0.3, 0.4) is 0 Å². The molecule has 5 heteroatoms. The second kappa shape index (κ2) is 4.29. The van der Waals surface area contributed by atoms with Crippen LogP contribution in [-0.2, 0) is 0 Å². The Morgan fingerprint density at radius 1 is 1.44 bits per heavy atom. The molecule has 1 aromatic carbocycles. The molecule has 0 radical (unpaired) electrons. The third-order valence-corrected chi connectivity index (χ3v) is 2.67. The highest BCUT2D eigenvalue weighted by atomic mass is 79.9. The number of rotatable bonds is 2. The molecule has 0 atom stereocenters. The summed E-state index contributed by atoms with van der Waals surface area (Å²) in [4.78, 5) is 17.4. The number of aromatic nitrogens is 2. The molecule has 0 amide bonds. The summed E-state index contributed by atoms with van der Waals surface area (Å²) in [5, 5.41) is 8.96. The van der Waals surface area contributed by atoms with E-state index in [1.54, 1.807) is 18.2 Å². The quantitative estimate of drug-likeness (QED) is 0.857. The van der Waals surface area contributed by atoms with Gasteiger partial charge in [0.05, 0.1) is 11.6 Å². The predicted molar refractivity (Wildman–Crippen MR) is 61.8 cm³/mol. The fourth-order valence-corrected chi connectivity index (χ4v) is 1.90. The second-order valence-electron chi connectivity index (χ2n) is 3.06. The average Bonchev–Trinajstić information content (AvgIpc) is 2.70. The van der Waals surface area contributed by atoms with Crippen molar-refractivity contribution in [1.82, 2.24) is 9.97 Å². The van der Waals surface area contributed by atoms with Gasteiger partial charge in [0.2, 0.25) is 0 Å². The molecule has 4 nitrogen and oxygen atoms in total. The number of aromatic amines is 1. The van der Waals surface area contributed by atoms with Crippen molar-refractivity contribution in [3.8, 4) is 17.3 Å². The molecule has 1 heterocycles. The number of halogens is 1. The van der Waals surface area contributed by atoms with Crippen LogP contribution in [0.2, 0.25) is 0 Å². The van der Waals surface area contributed by atoms with E-state index in [1.165, 1.54) is 0 Å². The first kappa shape index (κ1) is 10.6. The van der Waals surface area contributed by atoms with Crippen molar-refractivity contribution in [3.63, 3.8) is 0 Å². The van der Waals surface area contributed by atoms with Crippen molar-refractivity contribution >= 4 is 22.2 Å². The molecule has 0 unspecified atom stereocenters. The van der Waals surface area contributed by atoms with Gasteiger partial charge in [-0.1, -0.05) is 18.2 Å². The number of nitriles is 1. The predicted octanol–water partition coefficient (Wildman–Crippen LogP) is 2.52. The van der Waals surface area contributed by atoms with Crippen LogP contribution in [0.15, 0.2) is 28.9 Å². The van der Waals surface area contributed by atoms with E-state index in [0.29, 0.717) is 27.7 Å². The van der Waals surface area contributed by atoms with Gasteiger partial charge in [-0.25, -0.2) is 4.98 Å². The lowest BCUT2D eigenvalue weighted by Crippen LogP contribution is -1.85.